The smallest absolute Gasteiger partial charge is 0.225 e. The lowest BCUT2D eigenvalue weighted by Crippen LogP contribution is -2.49. The molecule has 2 aromatic carbocycles. The van der Waals surface area contributed by atoms with E-state index in [1.165, 1.54) is 11.3 Å². The van der Waals surface area contributed by atoms with E-state index < -0.39 is 0 Å². The van der Waals surface area contributed by atoms with Crippen LogP contribution in [0.5, 0.6) is 0 Å². The molecule has 0 spiro atoms. The lowest BCUT2D eigenvalue weighted by atomic mass is 9.93. The number of anilines is 1. The Morgan fingerprint density at radius 3 is 2.48 bits per heavy atom. The van der Waals surface area contributed by atoms with Crippen LogP contribution < -0.4 is 4.90 Å². The number of nitrogens with zero attached hydrogens (tertiary/aromatic N) is 3. The molecule has 4 rings (SSSR count). The molecule has 5 nitrogen and oxygen atoms in total. The van der Waals surface area contributed by atoms with Gasteiger partial charge in [-0.2, -0.15) is 0 Å². The molecule has 0 aliphatic carbocycles. The van der Waals surface area contributed by atoms with Crippen molar-refractivity contribution in [3.63, 3.8) is 0 Å². The Bertz CT molecular complexity index is 945. The highest BCUT2D eigenvalue weighted by molar-refractivity contribution is 5.82. The highest BCUT2D eigenvalue weighted by Crippen LogP contribution is 2.33. The van der Waals surface area contributed by atoms with Gasteiger partial charge in [0.1, 0.15) is 0 Å². The van der Waals surface area contributed by atoms with E-state index in [2.05, 4.69) is 36.1 Å². The zero-order chi connectivity index (χ0) is 20.4. The van der Waals surface area contributed by atoms with Crippen LogP contribution in [0.4, 0.5) is 5.69 Å². The Morgan fingerprint density at radius 1 is 1.00 bits per heavy atom. The number of hydrogen-bond donors (Lipinski definition) is 0. The summed E-state index contributed by atoms with van der Waals surface area (Å²) in [6.07, 6.45) is 4.06. The van der Waals surface area contributed by atoms with Crippen LogP contribution in [0.2, 0.25) is 0 Å². The van der Waals surface area contributed by atoms with Gasteiger partial charge in [0.2, 0.25) is 11.8 Å². The number of benzene rings is 2. The summed E-state index contributed by atoms with van der Waals surface area (Å²) in [6, 6.07) is 16.2. The van der Waals surface area contributed by atoms with Crippen LogP contribution in [-0.4, -0.2) is 47.8 Å². The van der Waals surface area contributed by atoms with E-state index in [1.54, 1.807) is 18.0 Å². The van der Waals surface area contributed by atoms with Crippen molar-refractivity contribution >= 4 is 23.6 Å². The van der Waals surface area contributed by atoms with Crippen LogP contribution >= 0.6 is 0 Å². The van der Waals surface area contributed by atoms with Crippen molar-refractivity contribution in [1.82, 2.24) is 9.80 Å². The molecule has 5 heteroatoms. The molecule has 0 radical (unpaired) electrons. The van der Waals surface area contributed by atoms with Crippen molar-refractivity contribution < 1.29 is 9.59 Å². The summed E-state index contributed by atoms with van der Waals surface area (Å²) in [5.74, 6) is 0.0630. The van der Waals surface area contributed by atoms with E-state index >= 15 is 0 Å². The fourth-order valence-electron chi connectivity index (χ4n) is 4.25. The van der Waals surface area contributed by atoms with Crippen LogP contribution in [0.15, 0.2) is 54.7 Å². The second-order valence-electron chi connectivity index (χ2n) is 7.80. The highest BCUT2D eigenvalue weighted by atomic mass is 16.2. The molecular formula is C24H27N3O2. The number of hydrogen-bond acceptors (Lipinski definition) is 3. The monoisotopic (exact) mass is 389 g/mol. The molecule has 1 saturated heterocycles. The molecule has 1 unspecified atom stereocenters. The molecule has 1 atom stereocenters. The first-order chi connectivity index (χ1) is 14.0. The molecule has 0 N–H and O–H groups in total. The van der Waals surface area contributed by atoms with Crippen molar-refractivity contribution in [3.8, 4) is 0 Å². The largest absolute Gasteiger partial charge is 0.368 e. The van der Waals surface area contributed by atoms with Gasteiger partial charge < -0.3 is 14.7 Å². The molecule has 150 valence electrons. The predicted molar refractivity (Wildman–Crippen MR) is 115 cm³/mol. The van der Waals surface area contributed by atoms with Crippen molar-refractivity contribution in [2.24, 2.45) is 0 Å². The summed E-state index contributed by atoms with van der Waals surface area (Å²) in [6.45, 7) is 6.71. The maximum Gasteiger partial charge on any atom is 0.225 e. The number of carbonyl (C=O) groups is 2. The van der Waals surface area contributed by atoms with Crippen molar-refractivity contribution in [1.29, 1.82) is 0 Å². The molecule has 1 fully saturated rings. The zero-order valence-corrected chi connectivity index (χ0v) is 17.0. The summed E-state index contributed by atoms with van der Waals surface area (Å²) >= 11 is 0. The fourth-order valence-corrected chi connectivity index (χ4v) is 4.25. The molecule has 2 aliphatic heterocycles. The molecule has 2 amide bonds. The molecule has 0 saturated carbocycles. The molecule has 2 heterocycles. The lowest BCUT2D eigenvalue weighted by Gasteiger charge is -2.38. The van der Waals surface area contributed by atoms with Gasteiger partial charge in [-0.3, -0.25) is 9.59 Å². The van der Waals surface area contributed by atoms with E-state index in [0.717, 1.165) is 24.2 Å². The van der Waals surface area contributed by atoms with Gasteiger partial charge in [0.25, 0.3) is 0 Å². The van der Waals surface area contributed by atoms with Crippen molar-refractivity contribution in [3.05, 3.63) is 71.4 Å². The lowest BCUT2D eigenvalue weighted by molar-refractivity contribution is -0.134. The number of rotatable bonds is 3. The van der Waals surface area contributed by atoms with Gasteiger partial charge in [-0.15, -0.1) is 0 Å². The second-order valence-corrected chi connectivity index (χ2v) is 7.80. The van der Waals surface area contributed by atoms with Gasteiger partial charge in [0.15, 0.2) is 0 Å². The number of piperazine rings is 1. The molecule has 0 bridgehead atoms. The molecular weight excluding hydrogens is 362 g/mol. The Morgan fingerprint density at radius 2 is 1.76 bits per heavy atom. The Balaban J connectivity index is 1.44. The minimum Gasteiger partial charge on any atom is -0.368 e. The minimum atomic E-state index is -0.240. The number of carbonyl (C=O) groups excluding carboxylic acids is 2. The van der Waals surface area contributed by atoms with Crippen LogP contribution in [0.3, 0.4) is 0 Å². The fraction of sp³-hybridized carbons (Fsp3) is 0.333. The topological polar surface area (TPSA) is 43.9 Å². The maximum atomic E-state index is 13.1. The highest BCUT2D eigenvalue weighted by Gasteiger charge is 2.31. The zero-order valence-electron chi connectivity index (χ0n) is 17.0. The summed E-state index contributed by atoms with van der Waals surface area (Å²) in [5, 5.41) is 0. The standard InChI is InChI=1S/C24H27N3O2/c1-18-6-5-8-21(16-18)25-12-14-26(15-13-25)24(29)17-23-22-9-4-3-7-20(22)10-11-27(23)19(2)28/h3-11,16,23H,12-15,17H2,1-2H3. The van der Waals surface area contributed by atoms with Crippen molar-refractivity contribution in [2.45, 2.75) is 26.3 Å². The molecule has 2 aromatic rings. The van der Waals surface area contributed by atoms with Crippen LogP contribution in [-0.2, 0) is 9.59 Å². The summed E-state index contributed by atoms with van der Waals surface area (Å²) in [4.78, 5) is 31.2. The second kappa shape index (κ2) is 8.11. The van der Waals surface area contributed by atoms with Crippen LogP contribution in [0.1, 0.15) is 36.1 Å². The molecule has 2 aliphatic rings. The van der Waals surface area contributed by atoms with Gasteiger partial charge in [0, 0.05) is 45.0 Å². The molecule has 29 heavy (non-hydrogen) atoms. The average molecular weight is 389 g/mol. The van der Waals surface area contributed by atoms with Crippen LogP contribution in [0, 0.1) is 6.92 Å². The van der Waals surface area contributed by atoms with Gasteiger partial charge in [-0.25, -0.2) is 0 Å². The van der Waals surface area contributed by atoms with Gasteiger partial charge in [0.05, 0.1) is 12.5 Å². The van der Waals surface area contributed by atoms with Crippen molar-refractivity contribution in [2.75, 3.05) is 31.1 Å². The Labute approximate surface area is 172 Å². The quantitative estimate of drug-likeness (QED) is 0.806. The SMILES string of the molecule is CC(=O)N1C=Cc2ccccc2C1CC(=O)N1CCN(c2cccc(C)c2)CC1. The third kappa shape index (κ3) is 4.04. The van der Waals surface area contributed by atoms with E-state index in [-0.39, 0.29) is 17.9 Å². The summed E-state index contributed by atoms with van der Waals surface area (Å²) < 4.78 is 0. The maximum absolute atomic E-state index is 13.1. The first-order valence-electron chi connectivity index (χ1n) is 10.2. The van der Waals surface area contributed by atoms with E-state index in [0.29, 0.717) is 19.5 Å². The number of aryl methyl sites for hydroxylation is 1. The average Bonchev–Trinajstić information content (AvgIpc) is 2.74. The van der Waals surface area contributed by atoms with E-state index in [1.807, 2.05) is 35.2 Å². The Hall–Kier alpha value is -3.08. The number of amides is 2. The predicted octanol–water partition coefficient (Wildman–Crippen LogP) is 3.61. The Kier molecular flexibility index (Phi) is 5.38. The van der Waals surface area contributed by atoms with Crippen LogP contribution in [0.25, 0.3) is 6.08 Å². The first kappa shape index (κ1) is 19.2. The normalized spacial score (nSPS) is 18.6. The summed E-state index contributed by atoms with van der Waals surface area (Å²) in [5.41, 5.74) is 4.57. The van der Waals surface area contributed by atoms with Gasteiger partial charge in [-0.1, -0.05) is 36.4 Å². The van der Waals surface area contributed by atoms with Gasteiger partial charge in [-0.05, 0) is 41.8 Å². The third-order valence-electron chi connectivity index (χ3n) is 5.84. The number of fused-ring (bicyclic) bond motifs is 1. The van der Waals surface area contributed by atoms with E-state index in [9.17, 15) is 9.59 Å². The minimum absolute atomic E-state index is 0.0437. The van der Waals surface area contributed by atoms with E-state index in [4.69, 9.17) is 0 Å². The summed E-state index contributed by atoms with van der Waals surface area (Å²) in [7, 11) is 0. The third-order valence-corrected chi connectivity index (χ3v) is 5.84. The van der Waals surface area contributed by atoms with Gasteiger partial charge >= 0.3 is 0 Å². The molecule has 0 aromatic heterocycles. The first-order valence-corrected chi connectivity index (χ1v) is 10.2.